The molecule has 0 aromatic carbocycles. The largest absolute Gasteiger partial charge is 0.395 e. The Labute approximate surface area is 111 Å². The van der Waals surface area contributed by atoms with Crippen molar-refractivity contribution in [3.63, 3.8) is 0 Å². The molecular weight excluding hydrogens is 226 g/mol. The lowest BCUT2D eigenvalue weighted by atomic mass is 10.0. The van der Waals surface area contributed by atoms with Gasteiger partial charge in [0.25, 0.3) is 0 Å². The summed E-state index contributed by atoms with van der Waals surface area (Å²) in [7, 11) is 0. The second-order valence-corrected chi connectivity index (χ2v) is 5.88. The van der Waals surface area contributed by atoms with Crippen LogP contribution in [0.1, 0.15) is 39.0 Å². The SMILES string of the molecule is CCCC(N)C(CO)N1CCC(N2CCCC2)C1. The fourth-order valence-electron chi connectivity index (χ4n) is 3.52. The molecule has 0 amide bonds. The monoisotopic (exact) mass is 255 g/mol. The van der Waals surface area contributed by atoms with Crippen molar-refractivity contribution in [1.29, 1.82) is 0 Å². The first-order valence-corrected chi connectivity index (χ1v) is 7.60. The molecule has 2 fully saturated rings. The second-order valence-electron chi connectivity index (χ2n) is 5.88. The molecule has 0 radical (unpaired) electrons. The van der Waals surface area contributed by atoms with Gasteiger partial charge in [-0.25, -0.2) is 0 Å². The maximum atomic E-state index is 9.60. The Morgan fingerprint density at radius 3 is 2.61 bits per heavy atom. The minimum absolute atomic E-state index is 0.123. The molecular formula is C14H29N3O. The number of likely N-dealkylation sites (tertiary alicyclic amines) is 2. The van der Waals surface area contributed by atoms with Gasteiger partial charge in [0, 0.05) is 31.2 Å². The van der Waals surface area contributed by atoms with E-state index in [4.69, 9.17) is 5.73 Å². The molecule has 0 spiro atoms. The summed E-state index contributed by atoms with van der Waals surface area (Å²) in [5.41, 5.74) is 6.20. The molecule has 106 valence electrons. The van der Waals surface area contributed by atoms with E-state index < -0.39 is 0 Å². The molecule has 0 bridgehead atoms. The molecule has 2 saturated heterocycles. The number of hydrogen-bond acceptors (Lipinski definition) is 4. The first-order valence-electron chi connectivity index (χ1n) is 7.60. The average Bonchev–Trinajstić information content (AvgIpc) is 3.00. The van der Waals surface area contributed by atoms with Crippen LogP contribution in [0.25, 0.3) is 0 Å². The van der Waals surface area contributed by atoms with Crippen molar-refractivity contribution >= 4 is 0 Å². The van der Waals surface area contributed by atoms with Crippen LogP contribution in [-0.2, 0) is 0 Å². The third-order valence-electron chi connectivity index (χ3n) is 4.62. The first kappa shape index (κ1) is 14.3. The van der Waals surface area contributed by atoms with Crippen molar-refractivity contribution in [2.45, 2.75) is 57.2 Å². The van der Waals surface area contributed by atoms with Crippen LogP contribution in [-0.4, -0.2) is 65.8 Å². The van der Waals surface area contributed by atoms with E-state index in [1.165, 1.54) is 32.4 Å². The molecule has 2 rings (SSSR count). The van der Waals surface area contributed by atoms with E-state index in [0.29, 0.717) is 6.04 Å². The maximum Gasteiger partial charge on any atom is 0.0601 e. The Hall–Kier alpha value is -0.160. The van der Waals surface area contributed by atoms with Gasteiger partial charge in [-0.05, 0) is 38.8 Å². The van der Waals surface area contributed by atoms with Crippen LogP contribution in [0.4, 0.5) is 0 Å². The van der Waals surface area contributed by atoms with Gasteiger partial charge in [0.05, 0.1) is 6.61 Å². The highest BCUT2D eigenvalue weighted by Crippen LogP contribution is 2.23. The minimum atomic E-state index is 0.123. The number of aliphatic hydroxyl groups excluding tert-OH is 1. The fraction of sp³-hybridized carbons (Fsp3) is 1.00. The van der Waals surface area contributed by atoms with Crippen LogP contribution in [0, 0.1) is 0 Å². The molecule has 4 heteroatoms. The highest BCUT2D eigenvalue weighted by atomic mass is 16.3. The second kappa shape index (κ2) is 6.85. The predicted molar refractivity (Wildman–Crippen MR) is 74.5 cm³/mol. The van der Waals surface area contributed by atoms with Crippen LogP contribution in [0.5, 0.6) is 0 Å². The van der Waals surface area contributed by atoms with Gasteiger partial charge in [-0.1, -0.05) is 13.3 Å². The third kappa shape index (κ3) is 3.23. The quantitative estimate of drug-likeness (QED) is 0.731. The molecule has 0 saturated carbocycles. The van der Waals surface area contributed by atoms with Crippen LogP contribution in [0.3, 0.4) is 0 Å². The summed E-state index contributed by atoms with van der Waals surface area (Å²) in [4.78, 5) is 5.04. The zero-order valence-electron chi connectivity index (χ0n) is 11.7. The van der Waals surface area contributed by atoms with E-state index in [9.17, 15) is 5.11 Å². The Morgan fingerprint density at radius 1 is 1.28 bits per heavy atom. The Balaban J connectivity index is 1.85. The number of aliphatic hydroxyl groups is 1. The molecule has 0 aliphatic carbocycles. The van der Waals surface area contributed by atoms with Crippen LogP contribution >= 0.6 is 0 Å². The van der Waals surface area contributed by atoms with Gasteiger partial charge in [0.2, 0.25) is 0 Å². The van der Waals surface area contributed by atoms with E-state index in [-0.39, 0.29) is 18.7 Å². The highest BCUT2D eigenvalue weighted by Gasteiger charge is 2.34. The van der Waals surface area contributed by atoms with Crippen molar-refractivity contribution in [3.8, 4) is 0 Å². The normalized spacial score (nSPS) is 29.8. The van der Waals surface area contributed by atoms with Gasteiger partial charge >= 0.3 is 0 Å². The van der Waals surface area contributed by atoms with Gasteiger partial charge in [-0.15, -0.1) is 0 Å². The lowest BCUT2D eigenvalue weighted by Crippen LogP contribution is -2.50. The van der Waals surface area contributed by atoms with Crippen LogP contribution in [0.15, 0.2) is 0 Å². The number of hydrogen-bond donors (Lipinski definition) is 2. The minimum Gasteiger partial charge on any atom is -0.395 e. The Kier molecular flexibility index (Phi) is 5.42. The smallest absolute Gasteiger partial charge is 0.0601 e. The fourth-order valence-corrected chi connectivity index (χ4v) is 3.52. The van der Waals surface area contributed by atoms with E-state index in [2.05, 4.69) is 16.7 Å². The summed E-state index contributed by atoms with van der Waals surface area (Å²) < 4.78 is 0. The van der Waals surface area contributed by atoms with Gasteiger partial charge in [0.1, 0.15) is 0 Å². The topological polar surface area (TPSA) is 52.7 Å². The first-order chi connectivity index (χ1) is 8.76. The maximum absolute atomic E-state index is 9.60. The molecule has 3 atom stereocenters. The summed E-state index contributed by atoms with van der Waals surface area (Å²) in [6, 6.07) is 0.991. The summed E-state index contributed by atoms with van der Waals surface area (Å²) in [5, 5.41) is 9.60. The lowest BCUT2D eigenvalue weighted by molar-refractivity contribution is 0.113. The van der Waals surface area contributed by atoms with E-state index >= 15 is 0 Å². The van der Waals surface area contributed by atoms with E-state index in [0.717, 1.165) is 25.9 Å². The Bertz CT molecular complexity index is 243. The number of rotatable bonds is 6. The third-order valence-corrected chi connectivity index (χ3v) is 4.62. The lowest BCUT2D eigenvalue weighted by Gasteiger charge is -2.32. The van der Waals surface area contributed by atoms with Crippen LogP contribution < -0.4 is 5.73 Å². The average molecular weight is 255 g/mol. The molecule has 2 aliphatic heterocycles. The van der Waals surface area contributed by atoms with E-state index in [1.54, 1.807) is 0 Å². The molecule has 0 aromatic heterocycles. The van der Waals surface area contributed by atoms with Crippen LogP contribution in [0.2, 0.25) is 0 Å². The highest BCUT2D eigenvalue weighted by molar-refractivity contribution is 4.91. The molecule has 3 N–H and O–H groups in total. The van der Waals surface area contributed by atoms with Gasteiger partial charge < -0.3 is 10.8 Å². The standard InChI is InChI=1S/C14H29N3O/c1-2-5-13(15)14(11-18)17-9-6-12(10-17)16-7-3-4-8-16/h12-14,18H,2-11,15H2,1H3. The summed E-state index contributed by atoms with van der Waals surface area (Å²) >= 11 is 0. The Morgan fingerprint density at radius 2 is 2.00 bits per heavy atom. The summed E-state index contributed by atoms with van der Waals surface area (Å²) in [6.45, 7) is 7.10. The molecule has 2 heterocycles. The number of nitrogens with zero attached hydrogens (tertiary/aromatic N) is 2. The van der Waals surface area contributed by atoms with Gasteiger partial charge in [-0.3, -0.25) is 9.80 Å². The van der Waals surface area contributed by atoms with Crippen molar-refractivity contribution < 1.29 is 5.11 Å². The zero-order chi connectivity index (χ0) is 13.0. The van der Waals surface area contributed by atoms with Gasteiger partial charge in [-0.2, -0.15) is 0 Å². The van der Waals surface area contributed by atoms with Crippen molar-refractivity contribution in [2.24, 2.45) is 5.73 Å². The van der Waals surface area contributed by atoms with Crippen molar-refractivity contribution in [2.75, 3.05) is 32.8 Å². The van der Waals surface area contributed by atoms with Crippen molar-refractivity contribution in [1.82, 2.24) is 9.80 Å². The predicted octanol–water partition coefficient (Wildman–Crippen LogP) is 0.645. The molecule has 4 nitrogen and oxygen atoms in total. The van der Waals surface area contributed by atoms with E-state index in [1.807, 2.05) is 0 Å². The summed E-state index contributed by atoms with van der Waals surface area (Å²) in [5.74, 6) is 0. The number of nitrogens with two attached hydrogens (primary N) is 1. The van der Waals surface area contributed by atoms with Gasteiger partial charge in [0.15, 0.2) is 0 Å². The molecule has 0 aromatic rings. The molecule has 18 heavy (non-hydrogen) atoms. The zero-order valence-corrected chi connectivity index (χ0v) is 11.7. The summed E-state index contributed by atoms with van der Waals surface area (Å²) in [6.07, 6.45) is 6.07. The van der Waals surface area contributed by atoms with Crippen molar-refractivity contribution in [3.05, 3.63) is 0 Å². The molecule has 2 aliphatic rings. The molecule has 3 unspecified atom stereocenters.